The Labute approximate surface area is 201 Å². The number of tetrazole rings is 1. The van der Waals surface area contributed by atoms with Crippen molar-refractivity contribution in [1.82, 2.24) is 20.6 Å². The first-order valence-corrected chi connectivity index (χ1v) is 11.1. The Morgan fingerprint density at radius 2 is 1.97 bits per heavy atom. The number of carbonyl (C=O) groups is 1. The zero-order valence-electron chi connectivity index (χ0n) is 19.1. The number of aromatic nitrogens is 4. The lowest BCUT2D eigenvalue weighted by atomic mass is 10.0. The van der Waals surface area contributed by atoms with Crippen molar-refractivity contribution in [3.8, 4) is 17.2 Å². The van der Waals surface area contributed by atoms with Crippen LogP contribution in [-0.2, 0) is 6.42 Å². The molecule has 2 aromatic carbocycles. The zero-order chi connectivity index (χ0) is 24.7. The van der Waals surface area contributed by atoms with Crippen molar-refractivity contribution >= 4 is 29.0 Å². The summed E-state index contributed by atoms with van der Waals surface area (Å²) >= 11 is 6.28. The molecule has 1 aromatic heterocycles. The summed E-state index contributed by atoms with van der Waals surface area (Å²) in [5.41, 5.74) is 1.98. The quantitative estimate of drug-likeness (QED) is 0.182. The molecule has 1 heterocycles. The van der Waals surface area contributed by atoms with E-state index >= 15 is 0 Å². The molecule has 11 heteroatoms. The summed E-state index contributed by atoms with van der Waals surface area (Å²) in [6.07, 6.45) is 1.91. The fraction of sp³-hybridized carbons (Fsp3) is 0.348. The smallest absolute Gasteiger partial charge is 0.208 e. The second-order valence-electron chi connectivity index (χ2n) is 7.52. The maximum atomic E-state index is 12.1. The number of ketones is 1. The molecule has 0 radical (unpaired) electrons. The van der Waals surface area contributed by atoms with Gasteiger partial charge < -0.3 is 19.7 Å². The van der Waals surface area contributed by atoms with Crippen molar-refractivity contribution in [2.45, 2.75) is 40.0 Å². The number of rotatable bonds is 11. The van der Waals surface area contributed by atoms with Crippen LogP contribution >= 0.6 is 11.6 Å². The van der Waals surface area contributed by atoms with Crippen molar-refractivity contribution in [3.05, 3.63) is 51.8 Å². The Balaban J connectivity index is 1.62. The van der Waals surface area contributed by atoms with Gasteiger partial charge in [-0.25, -0.2) is 0 Å². The molecule has 0 spiro atoms. The second kappa shape index (κ2) is 11.5. The standard InChI is InChI=1S/C23H26ClN5O5/c1-4-6-16-19(8-7-15(14(3)30)21(16)31)33-9-5-10-34-20-12-18(13(2)11-17(20)24)25-23(32)22-26-28-29-27-22/h7-8,11-12,31H,4-6,9-10H2,1-3H3,(H,25,32)(H,26,27,28,29)/p-1. The number of phenolic OH excluding ortho intramolecular Hbond substituents is 1. The first-order chi connectivity index (χ1) is 16.3. The van der Waals surface area contributed by atoms with E-state index in [2.05, 4.69) is 25.6 Å². The van der Waals surface area contributed by atoms with E-state index in [1.165, 1.54) is 6.92 Å². The fourth-order valence-electron chi connectivity index (χ4n) is 3.24. The average molecular weight is 487 g/mol. The highest BCUT2D eigenvalue weighted by Gasteiger charge is 2.16. The average Bonchev–Trinajstić information content (AvgIpc) is 3.33. The molecule has 10 nitrogen and oxygen atoms in total. The lowest BCUT2D eigenvalue weighted by Gasteiger charge is -2.15. The fourth-order valence-corrected chi connectivity index (χ4v) is 3.51. The number of aromatic amines is 1. The molecule has 0 amide bonds. The molecular weight excluding hydrogens is 462 g/mol. The highest BCUT2D eigenvalue weighted by atomic mass is 35.5. The van der Waals surface area contributed by atoms with E-state index in [0.29, 0.717) is 59.4 Å². The number of benzene rings is 2. The largest absolute Gasteiger partial charge is 0.856 e. The van der Waals surface area contributed by atoms with E-state index in [1.807, 2.05) is 6.92 Å². The van der Waals surface area contributed by atoms with Gasteiger partial charge in [-0.3, -0.25) is 9.79 Å². The van der Waals surface area contributed by atoms with Crippen LogP contribution in [0.1, 0.15) is 54.0 Å². The molecule has 3 aromatic rings. The summed E-state index contributed by atoms with van der Waals surface area (Å²) in [7, 11) is 0. The molecule has 0 saturated heterocycles. The maximum absolute atomic E-state index is 12.1. The number of halogens is 1. The number of hydrogen-bond donors (Lipinski definition) is 2. The van der Waals surface area contributed by atoms with Gasteiger partial charge in [0.25, 0.3) is 0 Å². The first kappa shape index (κ1) is 25.0. The minimum Gasteiger partial charge on any atom is -0.856 e. The van der Waals surface area contributed by atoms with E-state index in [9.17, 15) is 15.0 Å². The number of nitrogens with zero attached hydrogens (tertiary/aromatic N) is 4. The molecule has 0 unspecified atom stereocenters. The Kier molecular flexibility index (Phi) is 8.42. The van der Waals surface area contributed by atoms with E-state index < -0.39 is 5.90 Å². The molecule has 0 saturated carbocycles. The zero-order valence-corrected chi connectivity index (χ0v) is 19.8. The SMILES string of the molecule is CCCc1c(OCCCOc2cc(N=C([O-])c3nn[nH]n3)c(C)cc2Cl)ccc(C(C)=O)c1O. The Morgan fingerprint density at radius 3 is 2.62 bits per heavy atom. The number of H-pyrrole nitrogens is 1. The van der Waals surface area contributed by atoms with Crippen LogP contribution < -0.4 is 14.6 Å². The number of phenols is 1. The van der Waals surface area contributed by atoms with Crippen molar-refractivity contribution < 1.29 is 24.5 Å². The number of hydrogen-bond acceptors (Lipinski definition) is 9. The van der Waals surface area contributed by atoms with Gasteiger partial charge in [0.15, 0.2) is 5.78 Å². The lowest BCUT2D eigenvalue weighted by Crippen LogP contribution is -2.20. The van der Waals surface area contributed by atoms with E-state index in [-0.39, 0.29) is 22.9 Å². The molecular formula is C23H25ClN5O5-. The second-order valence-corrected chi connectivity index (χ2v) is 7.92. The maximum Gasteiger partial charge on any atom is 0.208 e. The third-order valence-corrected chi connectivity index (χ3v) is 5.23. The van der Waals surface area contributed by atoms with E-state index in [0.717, 1.165) is 6.42 Å². The summed E-state index contributed by atoms with van der Waals surface area (Å²) in [6, 6.07) is 6.50. The van der Waals surface area contributed by atoms with E-state index in [1.54, 1.807) is 31.2 Å². The summed E-state index contributed by atoms with van der Waals surface area (Å²) in [6.45, 7) is 5.79. The molecule has 0 atom stereocenters. The van der Waals surface area contributed by atoms with Crippen molar-refractivity contribution in [1.29, 1.82) is 0 Å². The topological polar surface area (TPSA) is 146 Å². The van der Waals surface area contributed by atoms with Gasteiger partial charge in [-0.2, -0.15) is 5.21 Å². The van der Waals surface area contributed by atoms with Crippen LogP contribution in [0.25, 0.3) is 0 Å². The molecule has 2 N–H and O–H groups in total. The van der Waals surface area contributed by atoms with Crippen LogP contribution in [0.5, 0.6) is 17.2 Å². The predicted molar refractivity (Wildman–Crippen MR) is 124 cm³/mol. The number of ether oxygens (including phenoxy) is 2. The van der Waals surface area contributed by atoms with Gasteiger partial charge in [-0.1, -0.05) is 24.9 Å². The van der Waals surface area contributed by atoms with Crippen LogP contribution in [-0.4, -0.2) is 50.6 Å². The van der Waals surface area contributed by atoms with Gasteiger partial charge in [-0.05, 0) is 49.2 Å². The highest BCUT2D eigenvalue weighted by molar-refractivity contribution is 6.32. The Bertz CT molecular complexity index is 1180. The molecule has 0 aliphatic rings. The van der Waals surface area contributed by atoms with Crippen molar-refractivity contribution in [3.63, 3.8) is 0 Å². The Morgan fingerprint density at radius 1 is 1.24 bits per heavy atom. The third-order valence-electron chi connectivity index (χ3n) is 4.93. The summed E-state index contributed by atoms with van der Waals surface area (Å²) in [5.74, 6) is -0.0869. The van der Waals surface area contributed by atoms with Gasteiger partial charge in [0.2, 0.25) is 5.82 Å². The minimum atomic E-state index is -0.638. The normalized spacial score (nSPS) is 11.5. The molecule has 0 bridgehead atoms. The monoisotopic (exact) mass is 486 g/mol. The van der Waals surface area contributed by atoms with Gasteiger partial charge in [0.1, 0.15) is 17.2 Å². The molecule has 0 fully saturated rings. The molecule has 34 heavy (non-hydrogen) atoms. The minimum absolute atomic E-state index is 0.0267. The number of nitrogens with one attached hydrogen (secondary N) is 1. The number of aryl methyl sites for hydroxylation is 1. The predicted octanol–water partition coefficient (Wildman–Crippen LogP) is 3.31. The molecule has 0 aliphatic heterocycles. The number of Topliss-reactive ketones (excluding diaryl/α,β-unsaturated/α-hetero) is 1. The van der Waals surface area contributed by atoms with E-state index in [4.69, 9.17) is 21.1 Å². The summed E-state index contributed by atoms with van der Waals surface area (Å²) in [5, 5.41) is 35.8. The summed E-state index contributed by atoms with van der Waals surface area (Å²) in [4.78, 5) is 15.7. The highest BCUT2D eigenvalue weighted by Crippen LogP contribution is 2.34. The molecule has 0 aliphatic carbocycles. The van der Waals surface area contributed by atoms with Gasteiger partial charge in [-0.15, -0.1) is 10.2 Å². The molecule has 3 rings (SSSR count). The van der Waals surface area contributed by atoms with Crippen LogP contribution in [0.2, 0.25) is 5.02 Å². The number of aromatic hydroxyl groups is 1. The van der Waals surface area contributed by atoms with Crippen molar-refractivity contribution in [2.75, 3.05) is 13.2 Å². The van der Waals surface area contributed by atoms with Crippen LogP contribution in [0.4, 0.5) is 5.69 Å². The van der Waals surface area contributed by atoms with Gasteiger partial charge in [0.05, 0.1) is 29.5 Å². The third kappa shape index (κ3) is 6.02. The lowest BCUT2D eigenvalue weighted by molar-refractivity contribution is -0.213. The van der Waals surface area contributed by atoms with Crippen LogP contribution in [0.3, 0.4) is 0 Å². The number of carbonyl (C=O) groups excluding carboxylic acids is 1. The molecule has 180 valence electrons. The van der Waals surface area contributed by atoms with Gasteiger partial charge in [0, 0.05) is 23.9 Å². The van der Waals surface area contributed by atoms with Crippen LogP contribution in [0, 0.1) is 6.92 Å². The first-order valence-electron chi connectivity index (χ1n) is 10.7. The van der Waals surface area contributed by atoms with Crippen molar-refractivity contribution in [2.24, 2.45) is 4.99 Å². The summed E-state index contributed by atoms with van der Waals surface area (Å²) < 4.78 is 11.6. The van der Waals surface area contributed by atoms with Gasteiger partial charge >= 0.3 is 0 Å². The number of aliphatic imine (C=N–C) groups is 1. The Hall–Kier alpha value is -3.66. The van der Waals surface area contributed by atoms with Crippen LogP contribution in [0.15, 0.2) is 29.3 Å².